The largest absolute Gasteiger partial charge is 0.294 e. The van der Waals surface area contributed by atoms with Crippen molar-refractivity contribution >= 4 is 5.78 Å². The van der Waals surface area contributed by atoms with E-state index in [9.17, 15) is 4.79 Å². The maximum Gasteiger partial charge on any atom is 0.165 e. The molecule has 0 amide bonds. The first kappa shape index (κ1) is 14.0. The van der Waals surface area contributed by atoms with Gasteiger partial charge in [-0.2, -0.15) is 0 Å². The fourth-order valence-corrected chi connectivity index (χ4v) is 7.44. The van der Waals surface area contributed by atoms with Gasteiger partial charge in [-0.05, 0) is 79.1 Å². The van der Waals surface area contributed by atoms with Crippen molar-refractivity contribution < 1.29 is 4.79 Å². The molecule has 2 bridgehead atoms. The minimum atomic E-state index is -0.00132. The minimum absolute atomic E-state index is 0.00132. The van der Waals surface area contributed by atoms with Crippen LogP contribution in [0.25, 0.3) is 0 Å². The highest BCUT2D eigenvalue weighted by Crippen LogP contribution is 2.70. The van der Waals surface area contributed by atoms with Gasteiger partial charge in [0.05, 0.1) is 0 Å². The molecule has 4 aliphatic rings. The topological polar surface area (TPSA) is 17.1 Å². The van der Waals surface area contributed by atoms with Crippen molar-refractivity contribution in [2.45, 2.75) is 72.1 Å². The summed E-state index contributed by atoms with van der Waals surface area (Å²) >= 11 is 0. The van der Waals surface area contributed by atoms with Gasteiger partial charge in [0.15, 0.2) is 5.78 Å². The van der Waals surface area contributed by atoms with Gasteiger partial charge in [-0.1, -0.05) is 33.8 Å². The summed E-state index contributed by atoms with van der Waals surface area (Å²) in [6.07, 6.45) is 10.1. The third kappa shape index (κ3) is 1.56. The first-order valence-electron chi connectivity index (χ1n) is 9.05. The number of ketones is 1. The summed E-state index contributed by atoms with van der Waals surface area (Å²) in [7, 11) is 0. The van der Waals surface area contributed by atoms with Crippen LogP contribution in [-0.2, 0) is 4.79 Å². The lowest BCUT2D eigenvalue weighted by Crippen LogP contribution is -2.57. The van der Waals surface area contributed by atoms with Crippen LogP contribution in [0.2, 0.25) is 0 Å². The van der Waals surface area contributed by atoms with E-state index in [4.69, 9.17) is 0 Å². The van der Waals surface area contributed by atoms with Crippen LogP contribution in [0.4, 0.5) is 0 Å². The van der Waals surface area contributed by atoms with Gasteiger partial charge in [-0.3, -0.25) is 4.79 Å². The predicted octanol–water partition coefficient (Wildman–Crippen LogP) is 5.15. The first-order chi connectivity index (χ1) is 9.81. The molecular weight excluding hydrogens is 256 g/mol. The average Bonchev–Trinajstić information content (AvgIpc) is 2.59. The fraction of sp³-hybridized carbons (Fsp3) is 0.850. The maximum absolute atomic E-state index is 13.0. The summed E-state index contributed by atoms with van der Waals surface area (Å²) in [6, 6.07) is 0. The van der Waals surface area contributed by atoms with Crippen molar-refractivity contribution in [3.05, 3.63) is 12.2 Å². The van der Waals surface area contributed by atoms with E-state index in [1.54, 1.807) is 0 Å². The number of Topliss-reactive ketones (excluding diaryl/α,β-unsaturated/α-hetero) is 1. The van der Waals surface area contributed by atoms with Gasteiger partial charge >= 0.3 is 0 Å². The monoisotopic (exact) mass is 286 g/mol. The highest BCUT2D eigenvalue weighted by molar-refractivity contribution is 6.03. The SMILES string of the molecule is C=C1C(=O)[C@]23CC[C@@H]4C(C)(C)CCC[C@@]4(C)[C@H]2CC[C@H]1C3. The Labute approximate surface area is 129 Å². The molecule has 4 saturated carbocycles. The molecule has 21 heavy (non-hydrogen) atoms. The second-order valence-corrected chi connectivity index (χ2v) is 9.48. The van der Waals surface area contributed by atoms with Gasteiger partial charge in [0.25, 0.3) is 0 Å². The average molecular weight is 286 g/mol. The molecule has 116 valence electrons. The Hall–Kier alpha value is -0.590. The van der Waals surface area contributed by atoms with Crippen LogP contribution in [0.5, 0.6) is 0 Å². The summed E-state index contributed by atoms with van der Waals surface area (Å²) in [5.74, 6) is 2.43. The van der Waals surface area contributed by atoms with E-state index in [1.807, 2.05) is 0 Å². The molecule has 0 radical (unpaired) electrons. The molecule has 0 aliphatic heterocycles. The Bertz CT molecular complexity index is 516. The van der Waals surface area contributed by atoms with Crippen LogP contribution < -0.4 is 0 Å². The van der Waals surface area contributed by atoms with E-state index in [2.05, 4.69) is 27.4 Å². The first-order valence-corrected chi connectivity index (χ1v) is 9.05. The van der Waals surface area contributed by atoms with Crippen LogP contribution in [-0.4, -0.2) is 5.78 Å². The molecule has 0 heterocycles. The second kappa shape index (κ2) is 4.03. The van der Waals surface area contributed by atoms with Crippen molar-refractivity contribution in [2.75, 3.05) is 0 Å². The number of hydrogen-bond acceptors (Lipinski definition) is 1. The van der Waals surface area contributed by atoms with Crippen LogP contribution in [0.1, 0.15) is 72.1 Å². The van der Waals surface area contributed by atoms with E-state index in [0.717, 1.165) is 24.3 Å². The van der Waals surface area contributed by atoms with E-state index in [-0.39, 0.29) is 5.41 Å². The van der Waals surface area contributed by atoms with E-state index in [1.165, 1.54) is 38.5 Å². The third-order valence-corrected chi connectivity index (χ3v) is 8.27. The zero-order valence-electron chi connectivity index (χ0n) is 14.0. The number of rotatable bonds is 0. The van der Waals surface area contributed by atoms with Crippen molar-refractivity contribution in [3.8, 4) is 0 Å². The lowest BCUT2D eigenvalue weighted by molar-refractivity contribution is -0.160. The van der Waals surface area contributed by atoms with Crippen molar-refractivity contribution in [2.24, 2.45) is 34.0 Å². The standard InChI is InChI=1S/C20H30O/c1-13-14-6-7-16-19(4)10-5-9-18(2,3)15(19)8-11-20(16,12-14)17(13)21/h14-16H,1,5-12H2,2-4H3/t14-,15+,16+,19+,20-/m0/s1. The van der Waals surface area contributed by atoms with E-state index in [0.29, 0.717) is 28.4 Å². The van der Waals surface area contributed by atoms with Crippen LogP contribution in [0, 0.1) is 34.0 Å². The van der Waals surface area contributed by atoms with Crippen LogP contribution >= 0.6 is 0 Å². The normalized spacial score (nSPS) is 51.5. The predicted molar refractivity (Wildman–Crippen MR) is 85.9 cm³/mol. The summed E-state index contributed by atoms with van der Waals surface area (Å²) < 4.78 is 0. The number of carbonyl (C=O) groups is 1. The zero-order valence-corrected chi connectivity index (χ0v) is 14.0. The van der Waals surface area contributed by atoms with Crippen LogP contribution in [0.3, 0.4) is 0 Å². The smallest absolute Gasteiger partial charge is 0.165 e. The Kier molecular flexibility index (Phi) is 2.69. The molecule has 0 aromatic heterocycles. The Morgan fingerprint density at radius 1 is 1.00 bits per heavy atom. The van der Waals surface area contributed by atoms with E-state index >= 15 is 0 Å². The summed E-state index contributed by atoms with van der Waals surface area (Å²) in [4.78, 5) is 13.0. The lowest BCUT2D eigenvalue weighted by atomic mass is 9.41. The fourth-order valence-electron chi connectivity index (χ4n) is 7.44. The molecular formula is C20H30O. The van der Waals surface area contributed by atoms with Crippen molar-refractivity contribution in [1.29, 1.82) is 0 Å². The highest BCUT2D eigenvalue weighted by atomic mass is 16.1. The molecule has 0 aromatic carbocycles. The van der Waals surface area contributed by atoms with Gasteiger partial charge in [0.2, 0.25) is 0 Å². The quantitative estimate of drug-likeness (QED) is 0.562. The lowest BCUT2D eigenvalue weighted by Gasteiger charge is -2.63. The van der Waals surface area contributed by atoms with Crippen molar-refractivity contribution in [3.63, 3.8) is 0 Å². The molecule has 1 heteroatoms. The van der Waals surface area contributed by atoms with Gasteiger partial charge in [-0.15, -0.1) is 0 Å². The van der Waals surface area contributed by atoms with Crippen molar-refractivity contribution in [1.82, 2.24) is 0 Å². The third-order valence-electron chi connectivity index (χ3n) is 8.27. The molecule has 0 unspecified atom stereocenters. The highest BCUT2D eigenvalue weighted by Gasteiger charge is 2.66. The summed E-state index contributed by atoms with van der Waals surface area (Å²) in [5, 5.41) is 0. The molecule has 1 nitrogen and oxygen atoms in total. The molecule has 4 rings (SSSR count). The molecule has 4 aliphatic carbocycles. The summed E-state index contributed by atoms with van der Waals surface area (Å²) in [6.45, 7) is 11.7. The Balaban J connectivity index is 1.79. The van der Waals surface area contributed by atoms with Gasteiger partial charge in [-0.25, -0.2) is 0 Å². The molecule has 0 saturated heterocycles. The molecule has 1 spiro atoms. The van der Waals surface area contributed by atoms with Gasteiger partial charge < -0.3 is 0 Å². The Morgan fingerprint density at radius 3 is 2.52 bits per heavy atom. The number of fused-ring (bicyclic) bond motifs is 3. The molecule has 0 aromatic rings. The van der Waals surface area contributed by atoms with E-state index < -0.39 is 0 Å². The molecule has 4 fully saturated rings. The molecule has 5 atom stereocenters. The summed E-state index contributed by atoms with van der Waals surface area (Å²) in [5.41, 5.74) is 1.84. The molecule has 0 N–H and O–H groups in total. The zero-order chi connectivity index (χ0) is 15.0. The number of allylic oxidation sites excluding steroid dienone is 1. The number of carbonyl (C=O) groups excluding carboxylic acids is 1. The van der Waals surface area contributed by atoms with Gasteiger partial charge in [0, 0.05) is 5.41 Å². The van der Waals surface area contributed by atoms with Gasteiger partial charge in [0.1, 0.15) is 0 Å². The maximum atomic E-state index is 13.0. The number of hydrogen-bond donors (Lipinski definition) is 0. The second-order valence-electron chi connectivity index (χ2n) is 9.48. The van der Waals surface area contributed by atoms with Crippen LogP contribution in [0.15, 0.2) is 12.2 Å². The minimum Gasteiger partial charge on any atom is -0.294 e. The Morgan fingerprint density at radius 2 is 1.76 bits per heavy atom.